The van der Waals surface area contributed by atoms with Crippen molar-refractivity contribution in [2.24, 2.45) is 0 Å². The second-order valence-electron chi connectivity index (χ2n) is 6.48. The first kappa shape index (κ1) is 23.6. The summed E-state index contributed by atoms with van der Waals surface area (Å²) in [6.45, 7) is 0.139. The van der Waals surface area contributed by atoms with Crippen molar-refractivity contribution in [1.82, 2.24) is 0 Å². The number of rotatable bonds is 8. The lowest BCUT2D eigenvalue weighted by Gasteiger charge is -2.13. The quantitative estimate of drug-likeness (QED) is 0.162. The number of carbonyl (C=O) groups excluding carboxylic acids is 2. The van der Waals surface area contributed by atoms with E-state index in [0.29, 0.717) is 10.8 Å². The summed E-state index contributed by atoms with van der Waals surface area (Å²) in [6, 6.07) is 14.3. The van der Waals surface area contributed by atoms with Crippen molar-refractivity contribution >= 4 is 40.6 Å². The van der Waals surface area contributed by atoms with Crippen LogP contribution in [0.3, 0.4) is 0 Å². The minimum Gasteiger partial charge on any atom is -0.493 e. The number of allylic oxidation sites excluding steroid dienone is 1. The van der Waals surface area contributed by atoms with Crippen molar-refractivity contribution in [1.29, 1.82) is 0 Å². The number of ketones is 2. The molecule has 0 aliphatic heterocycles. The number of methoxy groups -OCH3 is 1. The van der Waals surface area contributed by atoms with E-state index in [0.717, 1.165) is 23.0 Å². The highest BCUT2D eigenvalue weighted by atomic mass is 35.5. The Morgan fingerprint density at radius 3 is 2.44 bits per heavy atom. The molecule has 0 amide bonds. The van der Waals surface area contributed by atoms with Crippen LogP contribution in [0.1, 0.15) is 20.8 Å². The molecule has 0 unspecified atom stereocenters. The lowest BCUT2D eigenvalue weighted by Crippen LogP contribution is -2.28. The highest BCUT2D eigenvalue weighted by molar-refractivity contribution is 7.12. The molecule has 32 heavy (non-hydrogen) atoms. The zero-order valence-corrected chi connectivity index (χ0v) is 18.2. The summed E-state index contributed by atoms with van der Waals surface area (Å²) in [6.07, 6.45) is -4.29. The first-order valence-corrected chi connectivity index (χ1v) is 10.4. The van der Waals surface area contributed by atoms with E-state index in [4.69, 9.17) is 21.1 Å². The van der Waals surface area contributed by atoms with Crippen molar-refractivity contribution in [3.8, 4) is 11.5 Å². The van der Waals surface area contributed by atoms with E-state index in [-0.39, 0.29) is 22.8 Å². The predicted molar refractivity (Wildman–Crippen MR) is 116 cm³/mol. The van der Waals surface area contributed by atoms with Crippen LogP contribution < -0.4 is 9.47 Å². The monoisotopic (exact) mass is 480 g/mol. The van der Waals surface area contributed by atoms with Crippen molar-refractivity contribution in [2.75, 3.05) is 7.11 Å². The van der Waals surface area contributed by atoms with Gasteiger partial charge in [0.15, 0.2) is 11.5 Å². The van der Waals surface area contributed by atoms with Crippen LogP contribution in [-0.4, -0.2) is 24.9 Å². The summed E-state index contributed by atoms with van der Waals surface area (Å²) in [7, 11) is 1.36. The smallest absolute Gasteiger partial charge is 0.455 e. The van der Waals surface area contributed by atoms with Gasteiger partial charge in [-0.25, -0.2) is 0 Å². The van der Waals surface area contributed by atoms with E-state index in [9.17, 15) is 22.8 Å². The van der Waals surface area contributed by atoms with Crippen molar-refractivity contribution in [3.63, 3.8) is 0 Å². The van der Waals surface area contributed by atoms with Crippen LogP contribution in [-0.2, 0) is 11.4 Å². The second kappa shape index (κ2) is 10.0. The zero-order chi connectivity index (χ0) is 23.3. The first-order chi connectivity index (χ1) is 15.2. The molecule has 166 valence electrons. The first-order valence-electron chi connectivity index (χ1n) is 9.16. The Balaban J connectivity index is 1.92. The second-order valence-corrected chi connectivity index (χ2v) is 7.84. The Kier molecular flexibility index (Phi) is 7.37. The van der Waals surface area contributed by atoms with Crippen LogP contribution in [0, 0.1) is 0 Å². The molecule has 0 spiro atoms. The van der Waals surface area contributed by atoms with E-state index in [1.807, 2.05) is 0 Å². The third-order valence-electron chi connectivity index (χ3n) is 4.33. The van der Waals surface area contributed by atoms with Gasteiger partial charge in [0.25, 0.3) is 5.78 Å². The maximum atomic E-state index is 13.1. The Labute approximate surface area is 190 Å². The summed E-state index contributed by atoms with van der Waals surface area (Å²) >= 11 is 7.06. The number of hydrogen-bond acceptors (Lipinski definition) is 5. The Morgan fingerprint density at radius 2 is 1.81 bits per heavy atom. The zero-order valence-electron chi connectivity index (χ0n) is 16.6. The molecule has 0 aliphatic carbocycles. The number of ether oxygens (including phenoxy) is 2. The van der Waals surface area contributed by atoms with Gasteiger partial charge in [0.2, 0.25) is 5.78 Å². The Hall–Kier alpha value is -3.10. The molecule has 0 atom stereocenters. The fraction of sp³-hybridized carbons (Fsp3) is 0.130. The summed E-state index contributed by atoms with van der Waals surface area (Å²) in [4.78, 5) is 24.5. The van der Waals surface area contributed by atoms with Gasteiger partial charge in [0.05, 0.1) is 17.6 Å². The molecule has 3 rings (SSSR count). The van der Waals surface area contributed by atoms with Gasteiger partial charge in [-0.2, -0.15) is 13.2 Å². The molecule has 0 fully saturated rings. The van der Waals surface area contributed by atoms with Gasteiger partial charge < -0.3 is 9.47 Å². The normalized spacial score (nSPS) is 11.8. The molecule has 1 aromatic heterocycles. The van der Waals surface area contributed by atoms with Crippen molar-refractivity contribution in [3.05, 3.63) is 86.6 Å². The minimum atomic E-state index is -5.19. The maximum Gasteiger partial charge on any atom is 0.455 e. The predicted octanol–water partition coefficient (Wildman–Crippen LogP) is 6.39. The highest BCUT2D eigenvalue weighted by Gasteiger charge is 2.43. The lowest BCUT2D eigenvalue weighted by molar-refractivity contribution is -0.166. The number of benzene rings is 2. The molecule has 2 aromatic carbocycles. The summed E-state index contributed by atoms with van der Waals surface area (Å²) in [5, 5.41) is 2.06. The number of alkyl halides is 3. The number of halogens is 4. The van der Waals surface area contributed by atoms with Gasteiger partial charge >= 0.3 is 6.18 Å². The molecule has 0 N–H and O–H groups in total. The molecular formula is C23H16ClF3O4S. The lowest BCUT2D eigenvalue weighted by atomic mass is 10.0. The van der Waals surface area contributed by atoms with Crippen LogP contribution in [0.4, 0.5) is 13.2 Å². The molecular weight excluding hydrogens is 465 g/mol. The molecule has 3 aromatic rings. The van der Waals surface area contributed by atoms with Gasteiger partial charge in [0, 0.05) is 10.6 Å². The average Bonchev–Trinajstić information content (AvgIpc) is 3.30. The fourth-order valence-corrected chi connectivity index (χ4v) is 3.63. The van der Waals surface area contributed by atoms with E-state index in [1.165, 1.54) is 42.8 Å². The topological polar surface area (TPSA) is 52.6 Å². The number of carbonyl (C=O) groups is 2. The average molecular weight is 481 g/mol. The van der Waals surface area contributed by atoms with Crippen LogP contribution in [0.2, 0.25) is 5.02 Å². The Bertz CT molecular complexity index is 1150. The number of hydrogen-bond donors (Lipinski definition) is 0. The van der Waals surface area contributed by atoms with Crippen LogP contribution in [0.5, 0.6) is 11.5 Å². The summed E-state index contributed by atoms with van der Waals surface area (Å²) in [5.41, 5.74) is -0.0732. The molecule has 1 heterocycles. The van der Waals surface area contributed by atoms with Gasteiger partial charge in [-0.05, 0) is 41.3 Å². The van der Waals surface area contributed by atoms with E-state index >= 15 is 0 Å². The third-order valence-corrected chi connectivity index (χ3v) is 5.57. The van der Waals surface area contributed by atoms with Gasteiger partial charge in [-0.3, -0.25) is 9.59 Å². The van der Waals surface area contributed by atoms with Crippen LogP contribution >= 0.6 is 22.9 Å². The van der Waals surface area contributed by atoms with Crippen LogP contribution in [0.15, 0.2) is 65.6 Å². The summed E-state index contributed by atoms with van der Waals surface area (Å²) < 4.78 is 50.3. The van der Waals surface area contributed by atoms with Gasteiger partial charge in [0.1, 0.15) is 6.61 Å². The maximum absolute atomic E-state index is 13.1. The molecule has 0 aliphatic rings. The van der Waals surface area contributed by atoms with E-state index in [1.54, 1.807) is 24.3 Å². The largest absolute Gasteiger partial charge is 0.493 e. The Morgan fingerprint density at radius 1 is 1.06 bits per heavy atom. The van der Waals surface area contributed by atoms with Crippen molar-refractivity contribution < 1.29 is 32.2 Å². The summed E-state index contributed by atoms with van der Waals surface area (Å²) in [5.74, 6) is -2.68. The number of Topliss-reactive ketones (excluding diaryl/α,β-unsaturated/α-hetero) is 2. The van der Waals surface area contributed by atoms with E-state index in [2.05, 4.69) is 0 Å². The number of thiophene rings is 1. The SMILES string of the molecule is COc1cc(/C=C(/C(=O)c2cccs2)C(=O)C(F)(F)F)ccc1OCc1ccccc1Cl. The van der Waals surface area contributed by atoms with Crippen LogP contribution in [0.25, 0.3) is 6.08 Å². The molecule has 0 saturated carbocycles. The molecule has 9 heteroatoms. The molecule has 4 nitrogen and oxygen atoms in total. The van der Waals surface area contributed by atoms with Gasteiger partial charge in [-0.1, -0.05) is 41.9 Å². The fourth-order valence-electron chi connectivity index (χ4n) is 2.76. The molecule has 0 saturated heterocycles. The molecule has 0 bridgehead atoms. The van der Waals surface area contributed by atoms with E-state index < -0.39 is 23.3 Å². The molecule has 0 radical (unpaired) electrons. The third kappa shape index (κ3) is 5.57. The van der Waals surface area contributed by atoms with Crippen molar-refractivity contribution in [2.45, 2.75) is 12.8 Å². The highest BCUT2D eigenvalue weighted by Crippen LogP contribution is 2.32. The minimum absolute atomic E-state index is 0.0282. The standard InChI is InChI=1S/C23H16ClF3O4S/c1-30-19-12-14(8-9-18(19)31-13-15-5-2-3-6-17(15)24)11-16(22(29)23(25,26)27)21(28)20-7-4-10-32-20/h2-12H,13H2,1H3/b16-11-. The van der Waals surface area contributed by atoms with Gasteiger partial charge in [-0.15, -0.1) is 11.3 Å².